The number of hydrogen-bond donors (Lipinski definition) is 2. The molecule has 2 N–H and O–H groups in total. The minimum atomic E-state index is -0.999. The van der Waals surface area contributed by atoms with E-state index in [2.05, 4.69) is 0 Å². The molecule has 0 heterocycles. The van der Waals surface area contributed by atoms with Crippen LogP contribution in [0.25, 0.3) is 0 Å². The number of rotatable bonds is 5. The van der Waals surface area contributed by atoms with Crippen LogP contribution in [0.5, 0.6) is 5.75 Å². The van der Waals surface area contributed by atoms with Crippen LogP contribution in [0.4, 0.5) is 0 Å². The van der Waals surface area contributed by atoms with Crippen molar-refractivity contribution in [1.29, 1.82) is 0 Å². The molecule has 3 nitrogen and oxygen atoms in total. The predicted molar refractivity (Wildman–Crippen MR) is 74.4 cm³/mol. The standard InChI is InChI=1S/C15H15ClO3/c16-12-7-4-8-13(9-12)19-15(14(18)10-17)11-5-2-1-3-6-11/h1-9,14-15,17-18H,10H2/t14-,15+/m0/s1. The highest BCUT2D eigenvalue weighted by Crippen LogP contribution is 2.26. The molecule has 0 amide bonds. The summed E-state index contributed by atoms with van der Waals surface area (Å²) in [5.74, 6) is 0.550. The molecule has 19 heavy (non-hydrogen) atoms. The highest BCUT2D eigenvalue weighted by molar-refractivity contribution is 6.30. The van der Waals surface area contributed by atoms with Crippen molar-refractivity contribution in [2.45, 2.75) is 12.2 Å². The number of aliphatic hydroxyl groups is 2. The topological polar surface area (TPSA) is 49.7 Å². The van der Waals surface area contributed by atoms with Crippen LogP contribution in [0.1, 0.15) is 11.7 Å². The molecule has 0 saturated carbocycles. The molecule has 0 aliphatic rings. The maximum atomic E-state index is 9.89. The lowest BCUT2D eigenvalue weighted by molar-refractivity contribution is -0.00189. The lowest BCUT2D eigenvalue weighted by Gasteiger charge is -2.23. The van der Waals surface area contributed by atoms with E-state index < -0.39 is 12.2 Å². The molecular weight excluding hydrogens is 264 g/mol. The SMILES string of the molecule is OC[C@H](O)[C@H](Oc1cccc(Cl)c1)c1ccccc1. The summed E-state index contributed by atoms with van der Waals surface area (Å²) < 4.78 is 5.74. The second-order valence-corrected chi connectivity index (χ2v) is 4.59. The minimum absolute atomic E-state index is 0.375. The van der Waals surface area contributed by atoms with Crippen molar-refractivity contribution in [3.05, 3.63) is 65.2 Å². The van der Waals surface area contributed by atoms with Crippen molar-refractivity contribution in [2.24, 2.45) is 0 Å². The van der Waals surface area contributed by atoms with Crippen molar-refractivity contribution in [1.82, 2.24) is 0 Å². The maximum Gasteiger partial charge on any atom is 0.152 e. The van der Waals surface area contributed by atoms with Crippen LogP contribution in [0.2, 0.25) is 5.02 Å². The van der Waals surface area contributed by atoms with Gasteiger partial charge in [-0.3, -0.25) is 0 Å². The highest BCUT2D eigenvalue weighted by Gasteiger charge is 2.22. The molecule has 0 radical (unpaired) electrons. The van der Waals surface area contributed by atoms with Crippen molar-refractivity contribution in [3.63, 3.8) is 0 Å². The Kier molecular flexibility index (Phi) is 4.80. The van der Waals surface area contributed by atoms with E-state index in [1.54, 1.807) is 24.3 Å². The van der Waals surface area contributed by atoms with Gasteiger partial charge in [0.15, 0.2) is 6.10 Å². The first kappa shape index (κ1) is 13.9. The molecule has 0 unspecified atom stereocenters. The molecule has 2 rings (SSSR count). The van der Waals surface area contributed by atoms with E-state index in [1.807, 2.05) is 30.3 Å². The van der Waals surface area contributed by atoms with Crippen LogP contribution >= 0.6 is 11.6 Å². The van der Waals surface area contributed by atoms with Gasteiger partial charge in [-0.2, -0.15) is 0 Å². The molecule has 0 saturated heterocycles. The average molecular weight is 279 g/mol. The monoisotopic (exact) mass is 278 g/mol. The summed E-state index contributed by atoms with van der Waals surface area (Å²) in [4.78, 5) is 0. The van der Waals surface area contributed by atoms with Crippen molar-refractivity contribution >= 4 is 11.6 Å². The van der Waals surface area contributed by atoms with E-state index in [4.69, 9.17) is 21.4 Å². The van der Waals surface area contributed by atoms with Crippen LogP contribution < -0.4 is 4.74 Å². The van der Waals surface area contributed by atoms with E-state index in [0.29, 0.717) is 10.8 Å². The van der Waals surface area contributed by atoms with Gasteiger partial charge in [-0.05, 0) is 23.8 Å². The molecule has 4 heteroatoms. The van der Waals surface area contributed by atoms with Crippen LogP contribution in [0, 0.1) is 0 Å². The first-order valence-electron chi connectivity index (χ1n) is 5.97. The Labute approximate surface area is 117 Å². The first-order valence-corrected chi connectivity index (χ1v) is 6.34. The van der Waals surface area contributed by atoms with Crippen molar-refractivity contribution < 1.29 is 14.9 Å². The number of aliphatic hydroxyl groups excluding tert-OH is 2. The van der Waals surface area contributed by atoms with Crippen LogP contribution in [-0.4, -0.2) is 22.9 Å². The molecule has 0 aromatic heterocycles. The van der Waals surface area contributed by atoms with Crippen LogP contribution in [-0.2, 0) is 0 Å². The van der Waals surface area contributed by atoms with Crippen LogP contribution in [0.3, 0.4) is 0 Å². The molecule has 0 bridgehead atoms. The molecule has 0 fully saturated rings. The zero-order chi connectivity index (χ0) is 13.7. The fourth-order valence-corrected chi connectivity index (χ4v) is 1.97. The lowest BCUT2D eigenvalue weighted by atomic mass is 10.0. The Morgan fingerprint density at radius 1 is 1.05 bits per heavy atom. The highest BCUT2D eigenvalue weighted by atomic mass is 35.5. The Balaban J connectivity index is 2.24. The Hall–Kier alpha value is -1.55. The number of benzene rings is 2. The lowest BCUT2D eigenvalue weighted by Crippen LogP contribution is -2.27. The van der Waals surface area contributed by atoms with Gasteiger partial charge in [-0.25, -0.2) is 0 Å². The zero-order valence-electron chi connectivity index (χ0n) is 10.2. The van der Waals surface area contributed by atoms with Gasteiger partial charge in [0.2, 0.25) is 0 Å². The van der Waals surface area contributed by atoms with Gasteiger partial charge < -0.3 is 14.9 Å². The summed E-state index contributed by atoms with van der Waals surface area (Å²) in [6, 6.07) is 16.2. The van der Waals surface area contributed by atoms with Crippen molar-refractivity contribution in [3.8, 4) is 5.75 Å². The third-order valence-electron chi connectivity index (χ3n) is 2.72. The van der Waals surface area contributed by atoms with E-state index in [0.717, 1.165) is 5.56 Å². The van der Waals surface area contributed by atoms with E-state index in [1.165, 1.54) is 0 Å². The fourth-order valence-electron chi connectivity index (χ4n) is 1.79. The molecule has 2 aromatic carbocycles. The molecule has 0 aliphatic carbocycles. The Bertz CT molecular complexity index is 516. The van der Waals surface area contributed by atoms with Gasteiger partial charge in [-0.15, -0.1) is 0 Å². The second kappa shape index (κ2) is 6.57. The minimum Gasteiger partial charge on any atom is -0.483 e. The number of halogens is 1. The Morgan fingerprint density at radius 3 is 2.42 bits per heavy atom. The number of hydrogen-bond acceptors (Lipinski definition) is 3. The summed E-state index contributed by atoms with van der Waals surface area (Å²) in [7, 11) is 0. The van der Waals surface area contributed by atoms with Gasteiger partial charge in [0.25, 0.3) is 0 Å². The molecule has 2 atom stereocenters. The Morgan fingerprint density at radius 2 is 1.79 bits per heavy atom. The summed E-state index contributed by atoms with van der Waals surface area (Å²) in [5, 5.41) is 19.6. The third-order valence-corrected chi connectivity index (χ3v) is 2.96. The quantitative estimate of drug-likeness (QED) is 0.884. The number of ether oxygens (including phenoxy) is 1. The van der Waals surface area contributed by atoms with E-state index in [-0.39, 0.29) is 6.61 Å². The summed E-state index contributed by atoms with van der Waals surface area (Å²) in [6.45, 7) is -0.375. The normalized spacial score (nSPS) is 13.8. The van der Waals surface area contributed by atoms with Gasteiger partial charge >= 0.3 is 0 Å². The molecule has 0 aliphatic heterocycles. The molecular formula is C15H15ClO3. The summed E-state index contributed by atoms with van der Waals surface area (Å²) in [5.41, 5.74) is 0.795. The second-order valence-electron chi connectivity index (χ2n) is 4.16. The van der Waals surface area contributed by atoms with Gasteiger partial charge in [0.05, 0.1) is 6.61 Å². The van der Waals surface area contributed by atoms with E-state index >= 15 is 0 Å². The fraction of sp³-hybridized carbons (Fsp3) is 0.200. The van der Waals surface area contributed by atoms with Gasteiger partial charge in [0.1, 0.15) is 11.9 Å². The largest absolute Gasteiger partial charge is 0.483 e. The third kappa shape index (κ3) is 3.70. The maximum absolute atomic E-state index is 9.89. The molecule has 100 valence electrons. The first-order chi connectivity index (χ1) is 9.20. The van der Waals surface area contributed by atoms with Gasteiger partial charge in [-0.1, -0.05) is 48.0 Å². The van der Waals surface area contributed by atoms with E-state index in [9.17, 15) is 5.11 Å². The van der Waals surface area contributed by atoms with Gasteiger partial charge in [0, 0.05) is 5.02 Å². The van der Waals surface area contributed by atoms with Crippen molar-refractivity contribution in [2.75, 3.05) is 6.61 Å². The van der Waals surface area contributed by atoms with Crippen LogP contribution in [0.15, 0.2) is 54.6 Å². The zero-order valence-corrected chi connectivity index (χ0v) is 11.0. The molecule has 2 aromatic rings. The summed E-state index contributed by atoms with van der Waals surface area (Å²) in [6.07, 6.45) is -1.63. The predicted octanol–water partition coefficient (Wildman–Crippen LogP) is 2.81. The molecule has 0 spiro atoms. The smallest absolute Gasteiger partial charge is 0.152 e. The summed E-state index contributed by atoms with van der Waals surface area (Å²) >= 11 is 5.90. The average Bonchev–Trinajstić information content (AvgIpc) is 2.45.